The SMILES string of the molecule is CCn1nc(C)c(Br)c1CNCCCC(F)(F)F. The zero-order valence-corrected chi connectivity index (χ0v) is 12.0. The fourth-order valence-electron chi connectivity index (χ4n) is 1.66. The van der Waals surface area contributed by atoms with Gasteiger partial charge in [-0.05, 0) is 42.7 Å². The quantitative estimate of drug-likeness (QED) is 0.811. The van der Waals surface area contributed by atoms with E-state index >= 15 is 0 Å². The monoisotopic (exact) mass is 327 g/mol. The largest absolute Gasteiger partial charge is 0.389 e. The summed E-state index contributed by atoms with van der Waals surface area (Å²) in [6.45, 7) is 5.48. The Balaban J connectivity index is 2.40. The highest BCUT2D eigenvalue weighted by molar-refractivity contribution is 9.10. The van der Waals surface area contributed by atoms with Gasteiger partial charge < -0.3 is 5.32 Å². The maximum Gasteiger partial charge on any atom is 0.389 e. The van der Waals surface area contributed by atoms with Gasteiger partial charge in [0.15, 0.2) is 0 Å². The Bertz CT molecular complexity index is 388. The van der Waals surface area contributed by atoms with Crippen LogP contribution in [0.3, 0.4) is 0 Å². The van der Waals surface area contributed by atoms with Crippen molar-refractivity contribution in [2.24, 2.45) is 0 Å². The number of nitrogens with one attached hydrogen (secondary N) is 1. The van der Waals surface area contributed by atoms with Crippen molar-refractivity contribution in [1.29, 1.82) is 0 Å². The van der Waals surface area contributed by atoms with Gasteiger partial charge in [0, 0.05) is 19.5 Å². The Hall–Kier alpha value is -0.560. The molecule has 7 heteroatoms. The first-order chi connectivity index (χ1) is 8.35. The smallest absolute Gasteiger partial charge is 0.311 e. The number of nitrogens with zero attached hydrogens (tertiary/aromatic N) is 2. The summed E-state index contributed by atoms with van der Waals surface area (Å²) in [5, 5.41) is 7.33. The molecule has 0 unspecified atom stereocenters. The number of aryl methyl sites for hydroxylation is 2. The van der Waals surface area contributed by atoms with Crippen molar-refractivity contribution < 1.29 is 13.2 Å². The number of hydrogen-bond acceptors (Lipinski definition) is 2. The topological polar surface area (TPSA) is 29.9 Å². The summed E-state index contributed by atoms with van der Waals surface area (Å²) in [6.07, 6.45) is -4.71. The molecule has 0 bridgehead atoms. The van der Waals surface area contributed by atoms with E-state index in [2.05, 4.69) is 26.3 Å². The average Bonchev–Trinajstić information content (AvgIpc) is 2.54. The van der Waals surface area contributed by atoms with Crippen LogP contribution in [0.1, 0.15) is 31.2 Å². The molecule has 18 heavy (non-hydrogen) atoms. The molecule has 104 valence electrons. The van der Waals surface area contributed by atoms with E-state index in [1.165, 1.54) is 0 Å². The maximum atomic E-state index is 11.9. The van der Waals surface area contributed by atoms with Gasteiger partial charge in [-0.15, -0.1) is 0 Å². The van der Waals surface area contributed by atoms with Gasteiger partial charge in [0.25, 0.3) is 0 Å². The standard InChI is InChI=1S/C11H17BrF3N3/c1-3-18-9(10(12)8(2)17-18)7-16-6-4-5-11(13,14)15/h16H,3-7H2,1-2H3. The van der Waals surface area contributed by atoms with Crippen LogP contribution in [0.25, 0.3) is 0 Å². The molecule has 1 rings (SSSR count). The zero-order chi connectivity index (χ0) is 13.8. The minimum absolute atomic E-state index is 0.0976. The molecule has 0 radical (unpaired) electrons. The number of alkyl halides is 3. The van der Waals surface area contributed by atoms with E-state index in [1.54, 1.807) is 0 Å². The molecular formula is C11H17BrF3N3. The van der Waals surface area contributed by atoms with Crippen LogP contribution in [0.2, 0.25) is 0 Å². The molecule has 0 aromatic carbocycles. The van der Waals surface area contributed by atoms with Crippen LogP contribution in [-0.2, 0) is 13.1 Å². The summed E-state index contributed by atoms with van der Waals surface area (Å²) in [4.78, 5) is 0. The summed E-state index contributed by atoms with van der Waals surface area (Å²) in [5.74, 6) is 0. The molecule has 0 saturated heterocycles. The van der Waals surface area contributed by atoms with E-state index in [1.807, 2.05) is 18.5 Å². The first-order valence-electron chi connectivity index (χ1n) is 5.84. The van der Waals surface area contributed by atoms with Gasteiger partial charge in [-0.25, -0.2) is 0 Å². The van der Waals surface area contributed by atoms with E-state index in [4.69, 9.17) is 0 Å². The molecule has 1 N–H and O–H groups in total. The molecule has 1 aromatic rings. The molecular weight excluding hydrogens is 311 g/mol. The van der Waals surface area contributed by atoms with Gasteiger partial charge in [-0.3, -0.25) is 4.68 Å². The lowest BCUT2D eigenvalue weighted by molar-refractivity contribution is -0.135. The van der Waals surface area contributed by atoms with Crippen molar-refractivity contribution >= 4 is 15.9 Å². The lowest BCUT2D eigenvalue weighted by atomic mass is 10.3. The fourth-order valence-corrected chi connectivity index (χ4v) is 2.08. The van der Waals surface area contributed by atoms with Gasteiger partial charge in [0.1, 0.15) is 0 Å². The molecule has 0 aliphatic rings. The minimum atomic E-state index is -4.07. The number of halogens is 4. The first-order valence-corrected chi connectivity index (χ1v) is 6.63. The van der Waals surface area contributed by atoms with Crippen molar-refractivity contribution in [1.82, 2.24) is 15.1 Å². The summed E-state index contributed by atoms with van der Waals surface area (Å²) in [5.41, 5.74) is 1.87. The summed E-state index contributed by atoms with van der Waals surface area (Å²) in [7, 11) is 0. The van der Waals surface area contributed by atoms with E-state index < -0.39 is 12.6 Å². The minimum Gasteiger partial charge on any atom is -0.311 e. The van der Waals surface area contributed by atoms with Gasteiger partial charge in [0.2, 0.25) is 0 Å². The van der Waals surface area contributed by atoms with Crippen molar-refractivity contribution in [3.8, 4) is 0 Å². The molecule has 3 nitrogen and oxygen atoms in total. The number of aromatic nitrogens is 2. The van der Waals surface area contributed by atoms with Gasteiger partial charge >= 0.3 is 6.18 Å². The van der Waals surface area contributed by atoms with Crippen molar-refractivity contribution in [2.45, 2.75) is 46.0 Å². The second kappa shape index (κ2) is 6.56. The van der Waals surface area contributed by atoms with Crippen LogP contribution in [-0.4, -0.2) is 22.5 Å². The van der Waals surface area contributed by atoms with Crippen molar-refractivity contribution in [2.75, 3.05) is 6.54 Å². The Morgan fingerprint density at radius 1 is 1.39 bits per heavy atom. The van der Waals surface area contributed by atoms with E-state index in [9.17, 15) is 13.2 Å². The Kier molecular flexibility index (Phi) is 5.65. The Labute approximate surface area is 113 Å². The number of rotatable bonds is 6. The Morgan fingerprint density at radius 3 is 2.61 bits per heavy atom. The fraction of sp³-hybridized carbons (Fsp3) is 0.727. The molecule has 0 amide bonds. The third kappa shape index (κ3) is 4.61. The van der Waals surface area contributed by atoms with E-state index in [-0.39, 0.29) is 6.42 Å². The first kappa shape index (κ1) is 15.5. The van der Waals surface area contributed by atoms with Crippen LogP contribution in [0, 0.1) is 6.92 Å². The van der Waals surface area contributed by atoms with E-state index in [0.717, 1.165) is 22.4 Å². The number of hydrogen-bond donors (Lipinski definition) is 1. The third-order valence-electron chi connectivity index (χ3n) is 2.56. The van der Waals surface area contributed by atoms with Crippen LogP contribution < -0.4 is 5.32 Å². The summed E-state index contributed by atoms with van der Waals surface area (Å²) < 4.78 is 38.6. The van der Waals surface area contributed by atoms with Crippen molar-refractivity contribution in [3.63, 3.8) is 0 Å². The highest BCUT2D eigenvalue weighted by Crippen LogP contribution is 2.22. The molecule has 0 spiro atoms. The molecule has 1 aromatic heterocycles. The van der Waals surface area contributed by atoms with Gasteiger partial charge in [-0.2, -0.15) is 18.3 Å². The molecule has 0 aliphatic carbocycles. The van der Waals surface area contributed by atoms with Crippen LogP contribution in [0.5, 0.6) is 0 Å². The molecule has 0 aliphatic heterocycles. The van der Waals surface area contributed by atoms with Gasteiger partial charge in [0.05, 0.1) is 15.9 Å². The molecule has 1 heterocycles. The molecule has 0 atom stereocenters. The summed E-state index contributed by atoms with van der Waals surface area (Å²) in [6, 6.07) is 0. The molecule has 0 saturated carbocycles. The van der Waals surface area contributed by atoms with Crippen molar-refractivity contribution in [3.05, 3.63) is 15.9 Å². The predicted octanol–water partition coefficient (Wildman–Crippen LogP) is 3.41. The zero-order valence-electron chi connectivity index (χ0n) is 10.4. The summed E-state index contributed by atoms with van der Waals surface area (Å²) >= 11 is 3.44. The molecule has 0 fully saturated rings. The highest BCUT2D eigenvalue weighted by Gasteiger charge is 2.25. The van der Waals surface area contributed by atoms with Crippen LogP contribution in [0.15, 0.2) is 4.47 Å². The van der Waals surface area contributed by atoms with E-state index in [0.29, 0.717) is 13.1 Å². The lowest BCUT2D eigenvalue weighted by Crippen LogP contribution is -2.20. The maximum absolute atomic E-state index is 11.9. The van der Waals surface area contributed by atoms with Gasteiger partial charge in [-0.1, -0.05) is 0 Å². The second-order valence-electron chi connectivity index (χ2n) is 4.06. The Morgan fingerprint density at radius 2 is 2.06 bits per heavy atom. The lowest BCUT2D eigenvalue weighted by Gasteiger charge is -2.09. The van der Waals surface area contributed by atoms with Crippen LogP contribution >= 0.6 is 15.9 Å². The third-order valence-corrected chi connectivity index (χ3v) is 3.59. The normalized spacial score (nSPS) is 12.1. The predicted molar refractivity (Wildman–Crippen MR) is 67.3 cm³/mol. The van der Waals surface area contributed by atoms with Crippen LogP contribution in [0.4, 0.5) is 13.2 Å². The second-order valence-corrected chi connectivity index (χ2v) is 4.85. The highest BCUT2D eigenvalue weighted by atomic mass is 79.9. The average molecular weight is 328 g/mol.